The van der Waals surface area contributed by atoms with E-state index >= 15 is 0 Å². The van der Waals surface area contributed by atoms with Crippen molar-refractivity contribution in [3.05, 3.63) is 84.0 Å². The molecular weight excluding hydrogens is 427 g/mol. The van der Waals surface area contributed by atoms with Crippen molar-refractivity contribution < 1.29 is 13.6 Å². The first kappa shape index (κ1) is 19.2. The van der Waals surface area contributed by atoms with Crippen molar-refractivity contribution in [1.82, 2.24) is 40.0 Å². The van der Waals surface area contributed by atoms with E-state index in [0.29, 0.717) is 24.5 Å². The highest BCUT2D eigenvalue weighted by atomic mass is 19.1. The van der Waals surface area contributed by atoms with Crippen LogP contribution in [0.15, 0.2) is 59.5 Å². The van der Waals surface area contributed by atoms with Crippen molar-refractivity contribution in [1.29, 1.82) is 0 Å². The molecule has 4 aromatic heterocycles. The summed E-state index contributed by atoms with van der Waals surface area (Å²) in [5, 5.41) is 8.55. The SMILES string of the molecule is O=C(c1nnc(-c2ncccc2F)o1)N1CCc2[nH]cnc2[C@H]1c1ncc2ccccc2n1. The number of imidazole rings is 1. The van der Waals surface area contributed by atoms with Gasteiger partial charge in [0.25, 0.3) is 5.89 Å². The number of H-pyrrole nitrogens is 1. The van der Waals surface area contributed by atoms with Crippen LogP contribution >= 0.6 is 0 Å². The largest absolute Gasteiger partial charge is 0.411 e. The number of nitrogens with zero attached hydrogens (tertiary/aromatic N) is 7. The predicted molar refractivity (Wildman–Crippen MR) is 112 cm³/mol. The average molecular weight is 442 g/mol. The van der Waals surface area contributed by atoms with Gasteiger partial charge in [0.2, 0.25) is 0 Å². The molecule has 1 aliphatic heterocycles. The minimum Gasteiger partial charge on any atom is -0.411 e. The van der Waals surface area contributed by atoms with Gasteiger partial charge in [0.15, 0.2) is 17.3 Å². The van der Waals surface area contributed by atoms with E-state index in [1.807, 2.05) is 24.3 Å². The Bertz CT molecular complexity index is 1500. The Hall–Kier alpha value is -4.54. The summed E-state index contributed by atoms with van der Waals surface area (Å²) < 4.78 is 19.6. The first-order valence-electron chi connectivity index (χ1n) is 10.2. The van der Waals surface area contributed by atoms with Gasteiger partial charge in [-0.15, -0.1) is 10.2 Å². The van der Waals surface area contributed by atoms with Crippen LogP contribution in [-0.2, 0) is 6.42 Å². The quantitative estimate of drug-likeness (QED) is 0.452. The molecule has 1 atom stereocenters. The second-order valence-corrected chi connectivity index (χ2v) is 7.45. The van der Waals surface area contributed by atoms with Crippen molar-refractivity contribution in [2.45, 2.75) is 12.5 Å². The number of carbonyl (C=O) groups excluding carboxylic acids is 1. The molecular formula is C22H15FN8O2. The topological polar surface area (TPSA) is 127 Å². The van der Waals surface area contributed by atoms with Crippen LogP contribution in [0.3, 0.4) is 0 Å². The van der Waals surface area contributed by atoms with E-state index in [0.717, 1.165) is 16.6 Å². The van der Waals surface area contributed by atoms with E-state index in [4.69, 9.17) is 4.42 Å². The molecule has 33 heavy (non-hydrogen) atoms. The van der Waals surface area contributed by atoms with Crippen LogP contribution in [-0.4, -0.2) is 52.5 Å². The fourth-order valence-corrected chi connectivity index (χ4v) is 3.95. The molecule has 11 heteroatoms. The maximum absolute atomic E-state index is 14.1. The number of para-hydroxylation sites is 1. The third-order valence-corrected chi connectivity index (χ3v) is 5.51. The maximum atomic E-state index is 14.1. The summed E-state index contributed by atoms with van der Waals surface area (Å²) in [5.41, 5.74) is 2.19. The van der Waals surface area contributed by atoms with Crippen LogP contribution < -0.4 is 0 Å². The number of carbonyl (C=O) groups is 1. The van der Waals surface area contributed by atoms with E-state index in [1.54, 1.807) is 17.4 Å². The summed E-state index contributed by atoms with van der Waals surface area (Å²) >= 11 is 0. The molecule has 0 fully saturated rings. The van der Waals surface area contributed by atoms with E-state index in [-0.39, 0.29) is 17.5 Å². The highest BCUT2D eigenvalue weighted by Gasteiger charge is 2.38. The fourth-order valence-electron chi connectivity index (χ4n) is 3.95. The van der Waals surface area contributed by atoms with Crippen molar-refractivity contribution in [2.24, 2.45) is 0 Å². The molecule has 0 saturated carbocycles. The molecule has 10 nitrogen and oxygen atoms in total. The van der Waals surface area contributed by atoms with Crippen LogP contribution in [0.5, 0.6) is 0 Å². The second kappa shape index (κ2) is 7.55. The Kier molecular flexibility index (Phi) is 4.39. The van der Waals surface area contributed by atoms with Gasteiger partial charge >= 0.3 is 11.8 Å². The van der Waals surface area contributed by atoms with Gasteiger partial charge in [0, 0.05) is 36.4 Å². The van der Waals surface area contributed by atoms with Crippen LogP contribution in [0.25, 0.3) is 22.5 Å². The summed E-state index contributed by atoms with van der Waals surface area (Å²) in [4.78, 5) is 35.6. The average Bonchev–Trinajstić information content (AvgIpc) is 3.53. The Labute approximate surface area is 185 Å². The fraction of sp³-hybridized carbons (Fsp3) is 0.136. The van der Waals surface area contributed by atoms with Gasteiger partial charge < -0.3 is 14.3 Å². The molecule has 0 radical (unpaired) electrons. The van der Waals surface area contributed by atoms with Crippen molar-refractivity contribution in [3.63, 3.8) is 0 Å². The number of benzene rings is 1. The lowest BCUT2D eigenvalue weighted by molar-refractivity contribution is 0.0643. The first-order chi connectivity index (χ1) is 16.2. The summed E-state index contributed by atoms with van der Waals surface area (Å²) in [7, 11) is 0. The number of halogens is 1. The number of hydrogen-bond acceptors (Lipinski definition) is 8. The van der Waals surface area contributed by atoms with Crippen molar-refractivity contribution in [2.75, 3.05) is 6.54 Å². The lowest BCUT2D eigenvalue weighted by Crippen LogP contribution is -2.41. The Morgan fingerprint density at radius 1 is 1.12 bits per heavy atom. The van der Waals surface area contributed by atoms with E-state index in [1.165, 1.54) is 18.3 Å². The monoisotopic (exact) mass is 442 g/mol. The maximum Gasteiger partial charge on any atom is 0.312 e. The van der Waals surface area contributed by atoms with Gasteiger partial charge in [-0.1, -0.05) is 18.2 Å². The van der Waals surface area contributed by atoms with Crippen LogP contribution in [0.2, 0.25) is 0 Å². The summed E-state index contributed by atoms with van der Waals surface area (Å²) in [6.07, 6.45) is 5.26. The molecule has 5 heterocycles. The molecule has 1 aliphatic rings. The number of fused-ring (bicyclic) bond motifs is 2. The van der Waals surface area contributed by atoms with Crippen LogP contribution in [0.4, 0.5) is 4.39 Å². The summed E-state index contributed by atoms with van der Waals surface area (Å²) in [5.74, 6) is -1.18. The highest BCUT2D eigenvalue weighted by molar-refractivity contribution is 5.90. The first-order valence-corrected chi connectivity index (χ1v) is 10.2. The van der Waals surface area contributed by atoms with Crippen LogP contribution in [0, 0.1) is 5.82 Å². The third kappa shape index (κ3) is 3.21. The number of amides is 1. The Balaban J connectivity index is 1.40. The van der Waals surface area contributed by atoms with Gasteiger partial charge in [-0.3, -0.25) is 4.79 Å². The van der Waals surface area contributed by atoms with Gasteiger partial charge in [-0.05, 0) is 18.2 Å². The molecule has 1 amide bonds. The third-order valence-electron chi connectivity index (χ3n) is 5.51. The zero-order valence-electron chi connectivity index (χ0n) is 17.0. The van der Waals surface area contributed by atoms with E-state index < -0.39 is 17.8 Å². The lowest BCUT2D eigenvalue weighted by atomic mass is 10.0. The van der Waals surface area contributed by atoms with E-state index in [9.17, 15) is 9.18 Å². The van der Waals surface area contributed by atoms with Gasteiger partial charge in [0.05, 0.1) is 17.5 Å². The molecule has 0 aliphatic carbocycles. The molecule has 162 valence electrons. The zero-order valence-corrected chi connectivity index (χ0v) is 17.0. The molecule has 1 N–H and O–H groups in total. The van der Waals surface area contributed by atoms with E-state index in [2.05, 4.69) is 35.1 Å². The minimum atomic E-state index is -0.654. The summed E-state index contributed by atoms with van der Waals surface area (Å²) in [6.45, 7) is 0.352. The molecule has 0 spiro atoms. The molecule has 5 aromatic rings. The zero-order chi connectivity index (χ0) is 22.4. The molecule has 0 unspecified atom stereocenters. The Morgan fingerprint density at radius 3 is 2.94 bits per heavy atom. The number of aromatic nitrogens is 7. The Morgan fingerprint density at radius 2 is 2.03 bits per heavy atom. The molecule has 6 rings (SSSR count). The smallest absolute Gasteiger partial charge is 0.312 e. The summed E-state index contributed by atoms with van der Waals surface area (Å²) in [6, 6.07) is 9.62. The van der Waals surface area contributed by atoms with Gasteiger partial charge in [-0.2, -0.15) is 0 Å². The number of rotatable bonds is 3. The molecule has 1 aromatic carbocycles. The number of nitrogens with one attached hydrogen (secondary N) is 1. The standard InChI is InChI=1S/C22H15FN8O2/c23-13-5-3-8-24-16(13)20-29-30-21(33-20)22(32)31-9-7-15-17(27-11-26-15)18(31)19-25-10-12-4-1-2-6-14(12)28-19/h1-6,8,10-11,18H,7,9H2,(H,26,27)/t18-/m0/s1. The number of pyridine rings is 1. The minimum absolute atomic E-state index is 0.119. The van der Waals surface area contributed by atoms with Crippen LogP contribution in [0.1, 0.15) is 33.9 Å². The van der Waals surface area contributed by atoms with Crippen molar-refractivity contribution >= 4 is 16.8 Å². The number of hydrogen-bond donors (Lipinski definition) is 1. The lowest BCUT2D eigenvalue weighted by Gasteiger charge is -2.32. The second-order valence-electron chi connectivity index (χ2n) is 7.45. The van der Waals surface area contributed by atoms with Crippen molar-refractivity contribution in [3.8, 4) is 11.6 Å². The number of aromatic amines is 1. The van der Waals surface area contributed by atoms with Gasteiger partial charge in [-0.25, -0.2) is 24.3 Å². The molecule has 0 bridgehead atoms. The molecule has 0 saturated heterocycles. The highest BCUT2D eigenvalue weighted by Crippen LogP contribution is 2.33. The normalized spacial score (nSPS) is 15.5. The van der Waals surface area contributed by atoms with Gasteiger partial charge in [0.1, 0.15) is 6.04 Å². The predicted octanol–water partition coefficient (Wildman–Crippen LogP) is 2.72.